The van der Waals surface area contributed by atoms with Crippen molar-refractivity contribution in [3.63, 3.8) is 0 Å². The van der Waals surface area contributed by atoms with Gasteiger partial charge in [-0.05, 0) is 13.8 Å². The summed E-state index contributed by atoms with van der Waals surface area (Å²) < 4.78 is 30.0. The van der Waals surface area contributed by atoms with E-state index in [0.29, 0.717) is 25.7 Å². The Balaban J connectivity index is 2.45. The fourth-order valence-electron chi connectivity index (χ4n) is 1.95. The first-order chi connectivity index (χ1) is 7.51. The summed E-state index contributed by atoms with van der Waals surface area (Å²) in [5.41, 5.74) is 0. The molecule has 0 N–H and O–H groups in total. The lowest BCUT2D eigenvalue weighted by Crippen LogP contribution is -2.52. The topological polar surface area (TPSA) is 49.9 Å². The van der Waals surface area contributed by atoms with E-state index in [0.717, 1.165) is 13.1 Å². The lowest BCUT2D eigenvalue weighted by Gasteiger charge is -2.37. The molecule has 1 saturated heterocycles. The molecule has 16 heavy (non-hydrogen) atoms. The van der Waals surface area contributed by atoms with E-state index < -0.39 is 10.0 Å². The van der Waals surface area contributed by atoms with Crippen molar-refractivity contribution in [3.05, 3.63) is 0 Å². The SMILES string of the molecule is CCS(=O)(=O)N1CCN(C(C)COC)CC1. The Labute approximate surface area is 98.4 Å². The van der Waals surface area contributed by atoms with Crippen LogP contribution in [0.1, 0.15) is 13.8 Å². The van der Waals surface area contributed by atoms with Gasteiger partial charge in [-0.1, -0.05) is 0 Å². The van der Waals surface area contributed by atoms with Gasteiger partial charge in [-0.2, -0.15) is 4.31 Å². The number of methoxy groups -OCH3 is 1. The van der Waals surface area contributed by atoms with Crippen molar-refractivity contribution >= 4 is 10.0 Å². The summed E-state index contributed by atoms with van der Waals surface area (Å²) in [6.45, 7) is 7.28. The van der Waals surface area contributed by atoms with E-state index in [1.807, 2.05) is 0 Å². The standard InChI is InChI=1S/C10H22N2O3S/c1-4-16(13,14)12-7-5-11(6-8-12)10(2)9-15-3/h10H,4-9H2,1-3H3. The van der Waals surface area contributed by atoms with Crippen LogP contribution in [0, 0.1) is 0 Å². The number of hydrogen-bond acceptors (Lipinski definition) is 4. The molecule has 0 aliphatic carbocycles. The first kappa shape index (κ1) is 13.9. The normalized spacial score (nSPS) is 22.2. The molecule has 1 atom stereocenters. The second-order valence-corrected chi connectivity index (χ2v) is 6.40. The van der Waals surface area contributed by atoms with Crippen molar-refractivity contribution < 1.29 is 13.2 Å². The summed E-state index contributed by atoms with van der Waals surface area (Å²) in [6, 6.07) is 0.358. The molecular formula is C10H22N2O3S. The highest BCUT2D eigenvalue weighted by Crippen LogP contribution is 2.10. The Morgan fingerprint density at radius 3 is 2.25 bits per heavy atom. The number of ether oxygens (including phenoxy) is 1. The molecule has 0 radical (unpaired) electrons. The number of sulfonamides is 1. The predicted molar refractivity (Wildman–Crippen MR) is 63.9 cm³/mol. The zero-order chi connectivity index (χ0) is 12.2. The molecular weight excluding hydrogens is 228 g/mol. The van der Waals surface area contributed by atoms with Gasteiger partial charge in [-0.3, -0.25) is 4.90 Å². The molecule has 96 valence electrons. The minimum atomic E-state index is -3.01. The van der Waals surface area contributed by atoms with E-state index in [1.54, 1.807) is 18.3 Å². The maximum Gasteiger partial charge on any atom is 0.213 e. The van der Waals surface area contributed by atoms with Crippen LogP contribution in [0.5, 0.6) is 0 Å². The molecule has 0 aromatic heterocycles. The third-order valence-electron chi connectivity index (χ3n) is 3.06. The van der Waals surface area contributed by atoms with Crippen LogP contribution in [0.3, 0.4) is 0 Å². The fourth-order valence-corrected chi connectivity index (χ4v) is 3.04. The van der Waals surface area contributed by atoms with Gasteiger partial charge in [0.2, 0.25) is 10.0 Å². The Morgan fingerprint density at radius 2 is 1.81 bits per heavy atom. The van der Waals surface area contributed by atoms with E-state index in [9.17, 15) is 8.42 Å². The quantitative estimate of drug-likeness (QED) is 0.688. The van der Waals surface area contributed by atoms with Crippen LogP contribution in [-0.2, 0) is 14.8 Å². The van der Waals surface area contributed by atoms with E-state index >= 15 is 0 Å². The number of rotatable bonds is 5. The van der Waals surface area contributed by atoms with Crippen LogP contribution in [0.2, 0.25) is 0 Å². The Bertz CT molecular complexity index is 297. The van der Waals surface area contributed by atoms with Gasteiger partial charge in [0.05, 0.1) is 12.4 Å². The van der Waals surface area contributed by atoms with Gasteiger partial charge in [0.15, 0.2) is 0 Å². The zero-order valence-electron chi connectivity index (χ0n) is 10.3. The third-order valence-corrected chi connectivity index (χ3v) is 4.94. The average Bonchev–Trinajstić information content (AvgIpc) is 2.29. The summed E-state index contributed by atoms with van der Waals surface area (Å²) >= 11 is 0. The van der Waals surface area contributed by atoms with Crippen molar-refractivity contribution in [1.82, 2.24) is 9.21 Å². The van der Waals surface area contributed by atoms with Gasteiger partial charge in [0.25, 0.3) is 0 Å². The molecule has 1 heterocycles. The van der Waals surface area contributed by atoms with Gasteiger partial charge in [-0.15, -0.1) is 0 Å². The van der Waals surface area contributed by atoms with E-state index in [1.165, 1.54) is 0 Å². The minimum Gasteiger partial charge on any atom is -0.383 e. The van der Waals surface area contributed by atoms with Crippen LogP contribution >= 0.6 is 0 Å². The number of piperazine rings is 1. The predicted octanol–water partition coefficient (Wildman–Crippen LogP) is -0.0114. The molecule has 1 unspecified atom stereocenters. The average molecular weight is 250 g/mol. The van der Waals surface area contributed by atoms with Gasteiger partial charge in [-0.25, -0.2) is 8.42 Å². The molecule has 0 aromatic carbocycles. The van der Waals surface area contributed by atoms with Gasteiger partial charge in [0, 0.05) is 39.3 Å². The van der Waals surface area contributed by atoms with Crippen LogP contribution in [-0.4, -0.2) is 69.3 Å². The monoisotopic (exact) mass is 250 g/mol. The van der Waals surface area contributed by atoms with E-state index in [4.69, 9.17) is 4.74 Å². The Morgan fingerprint density at radius 1 is 1.25 bits per heavy atom. The van der Waals surface area contributed by atoms with Gasteiger partial charge < -0.3 is 4.74 Å². The molecule has 0 bridgehead atoms. The number of hydrogen-bond donors (Lipinski definition) is 0. The third kappa shape index (κ3) is 3.41. The van der Waals surface area contributed by atoms with Gasteiger partial charge in [0.1, 0.15) is 0 Å². The van der Waals surface area contributed by atoms with Crippen LogP contribution in [0.15, 0.2) is 0 Å². The largest absolute Gasteiger partial charge is 0.383 e. The summed E-state index contributed by atoms with van der Waals surface area (Å²) in [7, 11) is -1.32. The summed E-state index contributed by atoms with van der Waals surface area (Å²) in [6.07, 6.45) is 0. The first-order valence-corrected chi connectivity index (χ1v) is 7.33. The number of nitrogens with zero attached hydrogens (tertiary/aromatic N) is 2. The highest BCUT2D eigenvalue weighted by molar-refractivity contribution is 7.89. The van der Waals surface area contributed by atoms with E-state index in [2.05, 4.69) is 11.8 Å². The second kappa shape index (κ2) is 5.95. The lowest BCUT2D eigenvalue weighted by molar-refractivity contribution is 0.0767. The molecule has 0 amide bonds. The molecule has 0 aromatic rings. The minimum absolute atomic E-state index is 0.195. The molecule has 0 saturated carbocycles. The molecule has 5 nitrogen and oxygen atoms in total. The molecule has 6 heteroatoms. The molecule has 0 spiro atoms. The van der Waals surface area contributed by atoms with Crippen molar-refractivity contribution in [2.45, 2.75) is 19.9 Å². The highest BCUT2D eigenvalue weighted by atomic mass is 32.2. The fraction of sp³-hybridized carbons (Fsp3) is 1.00. The molecule has 1 rings (SSSR count). The van der Waals surface area contributed by atoms with Gasteiger partial charge >= 0.3 is 0 Å². The smallest absolute Gasteiger partial charge is 0.213 e. The van der Waals surface area contributed by atoms with Crippen molar-refractivity contribution in [1.29, 1.82) is 0 Å². The summed E-state index contributed by atoms with van der Waals surface area (Å²) in [4.78, 5) is 2.27. The maximum atomic E-state index is 11.6. The Kier molecular flexibility index (Phi) is 5.17. The van der Waals surface area contributed by atoms with E-state index in [-0.39, 0.29) is 5.75 Å². The highest BCUT2D eigenvalue weighted by Gasteiger charge is 2.27. The van der Waals surface area contributed by atoms with Crippen molar-refractivity contribution in [2.24, 2.45) is 0 Å². The lowest BCUT2D eigenvalue weighted by atomic mass is 10.2. The van der Waals surface area contributed by atoms with Crippen LogP contribution in [0.25, 0.3) is 0 Å². The van der Waals surface area contributed by atoms with Crippen molar-refractivity contribution in [2.75, 3.05) is 45.6 Å². The summed E-state index contributed by atoms with van der Waals surface area (Å²) in [5.74, 6) is 0.195. The molecule has 1 fully saturated rings. The maximum absolute atomic E-state index is 11.6. The zero-order valence-corrected chi connectivity index (χ0v) is 11.2. The van der Waals surface area contributed by atoms with Crippen LogP contribution < -0.4 is 0 Å². The molecule has 1 aliphatic heterocycles. The first-order valence-electron chi connectivity index (χ1n) is 5.72. The summed E-state index contributed by atoms with van der Waals surface area (Å²) in [5, 5.41) is 0. The second-order valence-electron chi connectivity index (χ2n) is 4.14. The van der Waals surface area contributed by atoms with Crippen molar-refractivity contribution in [3.8, 4) is 0 Å². The van der Waals surface area contributed by atoms with Crippen LogP contribution in [0.4, 0.5) is 0 Å². The Hall–Kier alpha value is -0.170. The molecule has 1 aliphatic rings.